The van der Waals surface area contributed by atoms with Gasteiger partial charge in [-0.1, -0.05) is 220 Å². The van der Waals surface area contributed by atoms with Crippen LogP contribution >= 0.6 is 15.6 Å². The summed E-state index contributed by atoms with van der Waals surface area (Å²) in [4.78, 5) is 106. The summed E-state index contributed by atoms with van der Waals surface area (Å²) in [6.07, 6.45) is 42.6. The number of hydrogen-bond donors (Lipinski definition) is 7. The van der Waals surface area contributed by atoms with Crippen LogP contribution in [-0.4, -0.2) is 153 Å². The summed E-state index contributed by atoms with van der Waals surface area (Å²) >= 11 is 0. The van der Waals surface area contributed by atoms with Crippen molar-refractivity contribution in [3.8, 4) is 5.75 Å². The van der Waals surface area contributed by atoms with E-state index in [0.29, 0.717) is 51.4 Å². The Hall–Kier alpha value is -4.62. The van der Waals surface area contributed by atoms with Gasteiger partial charge in [0.25, 0.3) is 27.5 Å². The van der Waals surface area contributed by atoms with Crippen LogP contribution in [0.25, 0.3) is 0 Å². The number of phosphoric ester groups is 2. The molecule has 632 valence electrons. The quantitative estimate of drug-likeness (QED) is 0.0138. The van der Waals surface area contributed by atoms with Crippen molar-refractivity contribution in [3.05, 3.63) is 53.6 Å². The van der Waals surface area contributed by atoms with Gasteiger partial charge >= 0.3 is 11.9 Å². The molecule has 0 radical (unpaired) electrons. The Kier molecular flexibility index (Phi) is 64.7. The number of aliphatic hydroxyl groups is 2. The molecule has 0 aliphatic carbocycles. The van der Waals surface area contributed by atoms with Gasteiger partial charge < -0.3 is 83.4 Å². The number of phenolic OH excluding ortho intramolecular Hbond substituents is 1. The molecular weight excluding hydrogens is 1440 g/mol. The van der Waals surface area contributed by atoms with Gasteiger partial charge in [0.15, 0.2) is 0 Å². The maximum absolute atomic E-state index is 13.7. The number of phenols is 1. The number of ether oxygens (including phenoxy) is 4. The minimum absolute atomic E-state index is 0.115. The summed E-state index contributed by atoms with van der Waals surface area (Å²) < 4.78 is 70.3. The van der Waals surface area contributed by atoms with Crippen LogP contribution in [0.5, 0.6) is 5.75 Å². The van der Waals surface area contributed by atoms with Crippen LogP contribution in [0.2, 0.25) is 0 Å². The number of benzene rings is 1. The number of carbonyl (C=O) groups excluding carboxylic acids is 6. The molecule has 0 saturated heterocycles. The summed E-state index contributed by atoms with van der Waals surface area (Å²) in [5.74, 6) is -3.99. The first kappa shape index (κ1) is 102. The van der Waals surface area contributed by atoms with Crippen LogP contribution < -0.4 is 31.1 Å². The highest BCUT2D eigenvalue weighted by atomic mass is 31.2. The van der Waals surface area contributed by atoms with Gasteiger partial charge in [-0.25, -0.2) is 0 Å². The zero-order valence-corrected chi connectivity index (χ0v) is 69.6. The van der Waals surface area contributed by atoms with Gasteiger partial charge in [-0.15, -0.1) is 0 Å². The Morgan fingerprint density at radius 1 is 0.404 bits per heavy atom. The first-order chi connectivity index (χ1) is 52.6. The third-order valence-electron chi connectivity index (χ3n) is 18.4. The number of aliphatic hydroxyl groups excluding tert-OH is 2. The van der Waals surface area contributed by atoms with Crippen molar-refractivity contribution in [2.45, 2.75) is 361 Å². The summed E-state index contributed by atoms with van der Waals surface area (Å²) in [5, 5.41) is 42.2. The first-order valence-corrected chi connectivity index (χ1v) is 44.9. The molecule has 0 spiro atoms. The molecule has 0 fully saturated rings. The van der Waals surface area contributed by atoms with E-state index in [9.17, 15) is 63.0 Å². The number of esters is 2. The van der Waals surface area contributed by atoms with E-state index in [4.69, 9.17) is 37.0 Å². The lowest BCUT2D eigenvalue weighted by atomic mass is 10.1. The van der Waals surface area contributed by atoms with Crippen molar-refractivity contribution in [2.24, 2.45) is 0 Å². The van der Waals surface area contributed by atoms with E-state index < -0.39 is 133 Å². The minimum atomic E-state index is -5.11. The number of rotatable bonds is 76. The highest BCUT2D eigenvalue weighted by molar-refractivity contribution is 7.46. The van der Waals surface area contributed by atoms with Crippen LogP contribution in [0.4, 0.5) is 0 Å². The van der Waals surface area contributed by atoms with E-state index in [1.54, 1.807) is 0 Å². The molecule has 0 bridgehead atoms. The van der Waals surface area contributed by atoms with E-state index in [0.717, 1.165) is 185 Å². The van der Waals surface area contributed by atoms with Gasteiger partial charge in [0.2, 0.25) is 11.8 Å². The Balaban J connectivity index is 3.03. The Morgan fingerprint density at radius 2 is 0.725 bits per heavy atom. The molecule has 25 nitrogen and oxygen atoms in total. The van der Waals surface area contributed by atoms with E-state index >= 15 is 0 Å². The van der Waals surface area contributed by atoms with Crippen LogP contribution in [0.15, 0.2) is 42.5 Å². The maximum atomic E-state index is 13.7. The number of nitrogens with one attached hydrogen (secondary N) is 4. The summed E-state index contributed by atoms with van der Waals surface area (Å²) in [7, 11) is -10.2. The van der Waals surface area contributed by atoms with Crippen LogP contribution in [0.1, 0.15) is 345 Å². The number of phosphoric acid groups is 2. The number of unbranched alkanes of at least 4 members (excludes halogenated alkanes) is 26. The second-order valence-electron chi connectivity index (χ2n) is 28.9. The van der Waals surface area contributed by atoms with E-state index in [-0.39, 0.29) is 63.2 Å². The lowest BCUT2D eigenvalue weighted by Gasteiger charge is -2.27. The largest absolute Gasteiger partial charge is 0.756 e. The second-order valence-corrected chi connectivity index (χ2v) is 31.7. The fourth-order valence-corrected chi connectivity index (χ4v) is 13.5. The van der Waals surface area contributed by atoms with Crippen molar-refractivity contribution >= 4 is 51.2 Å². The fourth-order valence-electron chi connectivity index (χ4n) is 12.0. The molecule has 109 heavy (non-hydrogen) atoms. The average molecular weight is 1590 g/mol. The molecule has 8 atom stereocenters. The number of hydrogen-bond acceptors (Lipinski definition) is 21. The monoisotopic (exact) mass is 1580 g/mol. The van der Waals surface area contributed by atoms with Crippen LogP contribution in [0.3, 0.4) is 0 Å². The SMILES string of the molecule is CCCCCC/C=C\CCCC(=O)O[C@H](CCCCCCC)CC(=O)NC(COCCC(O)CCCCCCC)COP(=O)([O-])OCCNC(=O)c1cc(O)cc(C(=O)NCCOP(=O)([O-])OCC(COCCC(O)CCCCCCC)NC(=O)C[C@@H](CCCCCCC)OC(=O)CCC/C=C\CCCCCC)c1. The molecular formula is C82H146N4O21P2-2. The summed E-state index contributed by atoms with van der Waals surface area (Å²) in [6.45, 7) is 9.47. The normalized spacial score (nSPS) is 14.5. The maximum Gasteiger partial charge on any atom is 0.306 e. The predicted molar refractivity (Wildman–Crippen MR) is 425 cm³/mol. The molecule has 4 amide bonds. The van der Waals surface area contributed by atoms with Crippen molar-refractivity contribution in [3.63, 3.8) is 0 Å². The molecule has 27 heteroatoms. The van der Waals surface area contributed by atoms with E-state index in [2.05, 4.69) is 87.1 Å². The summed E-state index contributed by atoms with van der Waals surface area (Å²) in [5.41, 5.74) is -0.409. The van der Waals surface area contributed by atoms with Crippen LogP contribution in [0, 0.1) is 0 Å². The van der Waals surface area contributed by atoms with Gasteiger partial charge in [0.1, 0.15) is 18.0 Å². The Labute approximate surface area is 655 Å². The Morgan fingerprint density at radius 3 is 1.07 bits per heavy atom. The van der Waals surface area contributed by atoms with E-state index in [1.165, 1.54) is 38.5 Å². The first-order valence-electron chi connectivity index (χ1n) is 42.0. The van der Waals surface area contributed by atoms with Crippen molar-refractivity contribution in [1.82, 2.24) is 21.3 Å². The van der Waals surface area contributed by atoms with Gasteiger partial charge in [0.05, 0.1) is 76.8 Å². The molecule has 6 unspecified atom stereocenters. The van der Waals surface area contributed by atoms with Crippen molar-refractivity contribution in [1.29, 1.82) is 0 Å². The molecule has 0 aromatic heterocycles. The average Bonchev–Trinajstić information content (AvgIpc) is 0.848. The lowest BCUT2D eigenvalue weighted by molar-refractivity contribution is -0.227. The zero-order chi connectivity index (χ0) is 80.3. The number of aromatic hydroxyl groups is 1. The topological polar surface area (TPSA) is 365 Å². The van der Waals surface area contributed by atoms with Gasteiger partial charge in [-0.3, -0.25) is 37.9 Å². The van der Waals surface area contributed by atoms with Crippen molar-refractivity contribution in [2.75, 3.05) is 65.9 Å². The third kappa shape index (κ3) is 61.6. The molecule has 1 rings (SSSR count). The predicted octanol–water partition coefficient (Wildman–Crippen LogP) is 15.8. The molecule has 0 aliphatic heterocycles. The number of amides is 4. The highest BCUT2D eigenvalue weighted by Crippen LogP contribution is 2.39. The summed E-state index contributed by atoms with van der Waals surface area (Å²) in [6, 6.07) is 1.22. The van der Waals surface area contributed by atoms with Gasteiger partial charge in [-0.2, -0.15) is 0 Å². The molecule has 0 saturated carbocycles. The lowest BCUT2D eigenvalue weighted by Crippen LogP contribution is -2.43. The number of allylic oxidation sites excluding steroid dienone is 4. The second kappa shape index (κ2) is 68.9. The zero-order valence-electron chi connectivity index (χ0n) is 67.8. The van der Waals surface area contributed by atoms with Gasteiger partial charge in [0, 0.05) is 50.3 Å². The molecule has 0 aliphatic rings. The smallest absolute Gasteiger partial charge is 0.306 e. The highest BCUT2D eigenvalue weighted by Gasteiger charge is 2.26. The van der Waals surface area contributed by atoms with E-state index in [1.807, 2.05) is 0 Å². The molecule has 1 aromatic rings. The minimum Gasteiger partial charge on any atom is -0.756 e. The molecule has 7 N–H and O–H groups in total. The molecule has 0 heterocycles. The fraction of sp³-hybridized carbons (Fsp3) is 0.805. The molecule has 1 aromatic carbocycles. The van der Waals surface area contributed by atoms with Gasteiger partial charge in [-0.05, 0) is 121 Å². The van der Waals surface area contributed by atoms with Crippen LogP contribution in [-0.2, 0) is 65.4 Å². The standard InChI is InChI=1S/C82H148N4O21P2/c1-7-13-19-25-27-29-31-37-43-49-79(92)106-75(47-41-35-23-17-11-5)62-77(90)85-70(64-100-55-51-72(87)45-39-33-21-15-9-3)66-104-108(96,97)102-57-53-83-81(94)68-59-69(61-74(89)60-68)82(95)84-54-58-103-109(98,99)105-67-71(65-101-56-52-73(88)46-40-34-22-16-10-4)86-78(91)63-76(48-42-36-24-18-12-6)107-80(93)50-44-38-32-30-28-26-20-14-8-2/h29-32,59-61,70-73,75-76,87-89H,7-28,33-58,62-67H2,1-6H3,(H,83,94)(H,84,95)(H,85,90)(H,86,91)(H,96,97)(H,98,99)/p-2/b31-29-,32-30-/t70?,71?,72?,73?,75-,76-/m1/s1. The van der Waals surface area contributed by atoms with Crippen molar-refractivity contribution < 1.29 is 100 Å². The number of carbonyl (C=O) groups is 6. The third-order valence-corrected chi connectivity index (χ3v) is 20.3. The Bertz CT molecular complexity index is 2490.